The number of ether oxygens (including phenoxy) is 1. The molecule has 1 fully saturated rings. The smallest absolute Gasteiger partial charge is 0.329 e. The molecule has 1 aliphatic rings. The topological polar surface area (TPSA) is 87.1 Å². The molecular formula is C12H21NO5. The van der Waals surface area contributed by atoms with Gasteiger partial charge in [0.05, 0.1) is 6.61 Å². The Morgan fingerprint density at radius 2 is 1.83 bits per heavy atom. The Balaban J connectivity index is 2.43. The van der Waals surface area contributed by atoms with E-state index in [9.17, 15) is 9.59 Å². The first-order valence-corrected chi connectivity index (χ1v) is 6.35. The predicted molar refractivity (Wildman–Crippen MR) is 64.1 cm³/mol. The van der Waals surface area contributed by atoms with Crippen LogP contribution >= 0.6 is 0 Å². The molecule has 1 saturated carbocycles. The van der Waals surface area contributed by atoms with Gasteiger partial charge in [0.1, 0.15) is 13.2 Å². The number of aliphatic hydroxyl groups is 1. The summed E-state index contributed by atoms with van der Waals surface area (Å²) in [4.78, 5) is 23.8. The molecule has 0 aromatic carbocycles. The van der Waals surface area contributed by atoms with Gasteiger partial charge in [0.25, 0.3) is 0 Å². The first-order valence-electron chi connectivity index (χ1n) is 6.35. The van der Waals surface area contributed by atoms with Crippen LogP contribution in [-0.2, 0) is 14.3 Å². The molecule has 0 spiro atoms. The van der Waals surface area contributed by atoms with Gasteiger partial charge in [-0.05, 0) is 12.8 Å². The van der Waals surface area contributed by atoms with Crippen LogP contribution in [0.1, 0.15) is 32.1 Å². The normalized spacial score (nSPS) is 16.5. The van der Waals surface area contributed by atoms with Crippen molar-refractivity contribution in [1.82, 2.24) is 4.90 Å². The van der Waals surface area contributed by atoms with Gasteiger partial charge < -0.3 is 19.8 Å². The summed E-state index contributed by atoms with van der Waals surface area (Å²) in [5.74, 6) is -1.33. The summed E-state index contributed by atoms with van der Waals surface area (Å²) in [5, 5.41) is 17.4. The van der Waals surface area contributed by atoms with Crippen molar-refractivity contribution in [3.63, 3.8) is 0 Å². The molecule has 104 valence electrons. The van der Waals surface area contributed by atoms with E-state index in [1.165, 1.54) is 6.42 Å². The van der Waals surface area contributed by atoms with Crippen molar-refractivity contribution in [2.45, 2.75) is 38.1 Å². The maximum absolute atomic E-state index is 11.9. The highest BCUT2D eigenvalue weighted by atomic mass is 16.5. The zero-order valence-electron chi connectivity index (χ0n) is 10.5. The number of amides is 1. The van der Waals surface area contributed by atoms with Crippen molar-refractivity contribution < 1.29 is 24.5 Å². The fourth-order valence-electron chi connectivity index (χ4n) is 2.32. The van der Waals surface area contributed by atoms with Gasteiger partial charge in [-0.3, -0.25) is 4.79 Å². The molecule has 18 heavy (non-hydrogen) atoms. The second kappa shape index (κ2) is 8.05. The van der Waals surface area contributed by atoms with Gasteiger partial charge in [-0.15, -0.1) is 0 Å². The first kappa shape index (κ1) is 14.9. The molecular weight excluding hydrogens is 238 g/mol. The van der Waals surface area contributed by atoms with E-state index in [0.717, 1.165) is 25.7 Å². The van der Waals surface area contributed by atoms with Crippen LogP contribution in [0, 0.1) is 0 Å². The lowest BCUT2D eigenvalue weighted by atomic mass is 9.94. The first-order chi connectivity index (χ1) is 8.65. The summed E-state index contributed by atoms with van der Waals surface area (Å²) < 4.78 is 4.80. The van der Waals surface area contributed by atoms with E-state index < -0.39 is 12.6 Å². The number of aliphatic carboxylic acids is 1. The number of carboxylic acids is 1. The third-order valence-electron chi connectivity index (χ3n) is 3.13. The van der Waals surface area contributed by atoms with Crippen LogP contribution in [0.4, 0.5) is 0 Å². The molecule has 1 amide bonds. The lowest BCUT2D eigenvalue weighted by Gasteiger charge is -2.33. The van der Waals surface area contributed by atoms with Crippen LogP contribution in [0.5, 0.6) is 0 Å². The third kappa shape index (κ3) is 5.01. The Hall–Kier alpha value is -1.14. The van der Waals surface area contributed by atoms with E-state index in [0.29, 0.717) is 6.54 Å². The van der Waals surface area contributed by atoms with Gasteiger partial charge in [-0.2, -0.15) is 0 Å². The standard InChI is InChI=1S/C12H21NO5/c14-7-6-13(10-4-2-1-3-5-10)11(15)8-18-9-12(16)17/h10,14H,1-9H2,(H,16,17). The van der Waals surface area contributed by atoms with Crippen LogP contribution < -0.4 is 0 Å². The highest BCUT2D eigenvalue weighted by molar-refractivity contribution is 5.78. The Bertz CT molecular complexity index is 276. The molecule has 0 aliphatic heterocycles. The Labute approximate surface area is 107 Å². The second-order valence-corrected chi connectivity index (χ2v) is 4.49. The minimum atomic E-state index is -1.09. The predicted octanol–water partition coefficient (Wildman–Crippen LogP) is 0.241. The lowest BCUT2D eigenvalue weighted by Crippen LogP contribution is -2.45. The van der Waals surface area contributed by atoms with E-state index in [2.05, 4.69) is 0 Å². The second-order valence-electron chi connectivity index (χ2n) is 4.49. The molecule has 0 bridgehead atoms. The molecule has 0 aromatic rings. The molecule has 0 atom stereocenters. The van der Waals surface area contributed by atoms with Crippen molar-refractivity contribution in [3.8, 4) is 0 Å². The third-order valence-corrected chi connectivity index (χ3v) is 3.13. The number of aliphatic hydroxyl groups excluding tert-OH is 1. The SMILES string of the molecule is O=C(O)COCC(=O)N(CCO)C1CCCCC1. The summed E-state index contributed by atoms with van der Waals surface area (Å²) in [5.41, 5.74) is 0. The Morgan fingerprint density at radius 1 is 1.17 bits per heavy atom. The minimum Gasteiger partial charge on any atom is -0.480 e. The highest BCUT2D eigenvalue weighted by Gasteiger charge is 2.24. The van der Waals surface area contributed by atoms with Gasteiger partial charge in [0, 0.05) is 12.6 Å². The van der Waals surface area contributed by atoms with Crippen molar-refractivity contribution in [2.75, 3.05) is 26.4 Å². The molecule has 0 aromatic heterocycles. The Morgan fingerprint density at radius 3 is 2.39 bits per heavy atom. The number of carbonyl (C=O) groups is 2. The van der Waals surface area contributed by atoms with E-state index in [-0.39, 0.29) is 25.2 Å². The lowest BCUT2D eigenvalue weighted by molar-refractivity contribution is -0.147. The van der Waals surface area contributed by atoms with Crippen LogP contribution in [0.3, 0.4) is 0 Å². The molecule has 0 heterocycles. The van der Waals surface area contributed by atoms with Crippen LogP contribution in [-0.4, -0.2) is 59.4 Å². The van der Waals surface area contributed by atoms with Crippen LogP contribution in [0.15, 0.2) is 0 Å². The minimum absolute atomic E-state index is 0.0822. The van der Waals surface area contributed by atoms with E-state index in [4.69, 9.17) is 14.9 Å². The number of carboxylic acid groups (broad SMARTS) is 1. The number of carbonyl (C=O) groups excluding carboxylic acids is 1. The van der Waals surface area contributed by atoms with Gasteiger partial charge in [-0.1, -0.05) is 19.3 Å². The van der Waals surface area contributed by atoms with Crippen molar-refractivity contribution >= 4 is 11.9 Å². The summed E-state index contributed by atoms with van der Waals surface area (Å²) in [6, 6.07) is 0.159. The molecule has 6 nitrogen and oxygen atoms in total. The number of hydrogen-bond donors (Lipinski definition) is 2. The zero-order valence-corrected chi connectivity index (χ0v) is 10.5. The molecule has 0 unspecified atom stereocenters. The van der Waals surface area contributed by atoms with Gasteiger partial charge >= 0.3 is 5.97 Å². The number of hydrogen-bond acceptors (Lipinski definition) is 4. The quantitative estimate of drug-likeness (QED) is 0.684. The van der Waals surface area contributed by atoms with E-state index in [1.54, 1.807) is 4.90 Å². The van der Waals surface area contributed by atoms with Gasteiger partial charge in [0.2, 0.25) is 5.91 Å². The number of rotatable bonds is 7. The summed E-state index contributed by atoms with van der Waals surface area (Å²) >= 11 is 0. The molecule has 2 N–H and O–H groups in total. The van der Waals surface area contributed by atoms with Crippen molar-refractivity contribution in [2.24, 2.45) is 0 Å². The fourth-order valence-corrected chi connectivity index (χ4v) is 2.32. The van der Waals surface area contributed by atoms with Gasteiger partial charge in [0.15, 0.2) is 0 Å². The molecule has 0 radical (unpaired) electrons. The van der Waals surface area contributed by atoms with Crippen molar-refractivity contribution in [1.29, 1.82) is 0 Å². The summed E-state index contributed by atoms with van der Waals surface area (Å²) in [6.45, 7) is -0.493. The van der Waals surface area contributed by atoms with Crippen LogP contribution in [0.25, 0.3) is 0 Å². The maximum atomic E-state index is 11.9. The molecule has 6 heteroatoms. The zero-order chi connectivity index (χ0) is 13.4. The highest BCUT2D eigenvalue weighted by Crippen LogP contribution is 2.22. The average Bonchev–Trinajstić information content (AvgIpc) is 2.36. The van der Waals surface area contributed by atoms with Crippen molar-refractivity contribution in [3.05, 3.63) is 0 Å². The monoisotopic (exact) mass is 259 g/mol. The van der Waals surface area contributed by atoms with Crippen LogP contribution in [0.2, 0.25) is 0 Å². The van der Waals surface area contributed by atoms with E-state index >= 15 is 0 Å². The maximum Gasteiger partial charge on any atom is 0.329 e. The average molecular weight is 259 g/mol. The fraction of sp³-hybridized carbons (Fsp3) is 0.833. The molecule has 1 aliphatic carbocycles. The number of nitrogens with zero attached hydrogens (tertiary/aromatic N) is 1. The van der Waals surface area contributed by atoms with E-state index in [1.807, 2.05) is 0 Å². The molecule has 0 saturated heterocycles. The molecule has 1 rings (SSSR count). The summed E-state index contributed by atoms with van der Waals surface area (Å²) in [6.07, 6.45) is 5.27. The van der Waals surface area contributed by atoms with Gasteiger partial charge in [-0.25, -0.2) is 4.79 Å². The largest absolute Gasteiger partial charge is 0.480 e. The Kier molecular flexibility index (Phi) is 6.67. The summed E-state index contributed by atoms with van der Waals surface area (Å²) in [7, 11) is 0.